The van der Waals surface area contributed by atoms with Gasteiger partial charge in [0.25, 0.3) is 11.6 Å². The molecule has 3 aromatic rings. The van der Waals surface area contributed by atoms with E-state index in [9.17, 15) is 24.1 Å². The van der Waals surface area contributed by atoms with Crippen molar-refractivity contribution in [1.29, 1.82) is 0 Å². The summed E-state index contributed by atoms with van der Waals surface area (Å²) in [5.41, 5.74) is 2.41. The normalized spacial score (nSPS) is 19.7. The summed E-state index contributed by atoms with van der Waals surface area (Å²) in [7, 11) is 0. The summed E-state index contributed by atoms with van der Waals surface area (Å²) in [5, 5.41) is 13.0. The molecule has 1 fully saturated rings. The molecule has 2 unspecified atom stereocenters. The number of nitrogens with zero attached hydrogens (tertiary/aromatic N) is 4. The minimum Gasteiger partial charge on any atom is -0.339 e. The van der Waals surface area contributed by atoms with Crippen LogP contribution in [0.15, 0.2) is 60.0 Å². The van der Waals surface area contributed by atoms with Gasteiger partial charge < -0.3 is 9.80 Å². The number of carbonyl (C=O) groups excluding carboxylic acids is 2. The lowest BCUT2D eigenvalue weighted by atomic mass is 9.93. The van der Waals surface area contributed by atoms with Crippen LogP contribution in [-0.2, 0) is 11.2 Å². The van der Waals surface area contributed by atoms with Gasteiger partial charge in [-0.25, -0.2) is 4.39 Å². The molecule has 198 valence electrons. The first-order valence-electron chi connectivity index (χ1n) is 12.7. The van der Waals surface area contributed by atoms with Crippen LogP contribution < -0.4 is 0 Å². The number of non-ortho nitro benzene ring substituents is 1. The van der Waals surface area contributed by atoms with Gasteiger partial charge >= 0.3 is 0 Å². The predicted octanol–water partition coefficient (Wildman–Crippen LogP) is 4.51. The Balaban J connectivity index is 1.21. The number of hydrogen-bond acceptors (Lipinski definition) is 6. The Hall–Kier alpha value is -3.63. The SMILES string of the molecule is CC1CN(C(=O)CCN2CCc3sccc3C2c2cccc(F)c2)CCN1C(=O)c1ccc([N+](=O)[O-])cc1. The van der Waals surface area contributed by atoms with Crippen molar-refractivity contribution in [3.63, 3.8) is 0 Å². The van der Waals surface area contributed by atoms with Gasteiger partial charge in [-0.05, 0) is 60.2 Å². The second-order valence-corrected chi connectivity index (χ2v) is 10.8. The van der Waals surface area contributed by atoms with E-state index in [2.05, 4.69) is 16.3 Å². The van der Waals surface area contributed by atoms with Crippen molar-refractivity contribution in [2.24, 2.45) is 0 Å². The van der Waals surface area contributed by atoms with Crippen molar-refractivity contribution < 1.29 is 18.9 Å². The van der Waals surface area contributed by atoms with Crippen LogP contribution in [0.25, 0.3) is 0 Å². The summed E-state index contributed by atoms with van der Waals surface area (Å²) >= 11 is 1.72. The summed E-state index contributed by atoms with van der Waals surface area (Å²) in [4.78, 5) is 43.7. The van der Waals surface area contributed by atoms with Gasteiger partial charge in [-0.3, -0.25) is 24.6 Å². The molecule has 2 aliphatic heterocycles. The molecular weight excluding hydrogens is 507 g/mol. The number of halogens is 1. The molecule has 1 saturated heterocycles. The van der Waals surface area contributed by atoms with Crippen molar-refractivity contribution in [2.75, 3.05) is 32.7 Å². The van der Waals surface area contributed by atoms with E-state index >= 15 is 0 Å². The second kappa shape index (κ2) is 11.0. The highest BCUT2D eigenvalue weighted by molar-refractivity contribution is 7.10. The Morgan fingerprint density at radius 3 is 2.61 bits per heavy atom. The Morgan fingerprint density at radius 2 is 1.89 bits per heavy atom. The van der Waals surface area contributed by atoms with Crippen LogP contribution >= 0.6 is 11.3 Å². The molecule has 2 amide bonds. The summed E-state index contributed by atoms with van der Waals surface area (Å²) in [6, 6.07) is 14.1. The smallest absolute Gasteiger partial charge is 0.269 e. The van der Waals surface area contributed by atoms with E-state index in [-0.39, 0.29) is 35.4 Å². The minimum absolute atomic E-state index is 0.0355. The Bertz CT molecular complexity index is 1340. The van der Waals surface area contributed by atoms with E-state index < -0.39 is 4.92 Å². The standard InChI is InChI=1S/C28H29FN4O4S/c1-19-18-31(14-15-32(19)28(35)20-5-7-23(8-6-20)33(36)37)26(34)10-13-30-12-9-25-24(11-16-38-25)27(30)21-3-2-4-22(29)17-21/h2-8,11,16-17,19,27H,9-10,12-15,18H2,1H3. The topological polar surface area (TPSA) is 87.0 Å². The molecule has 1 aromatic heterocycles. The molecule has 0 radical (unpaired) electrons. The number of carbonyl (C=O) groups is 2. The summed E-state index contributed by atoms with van der Waals surface area (Å²) < 4.78 is 14.1. The van der Waals surface area contributed by atoms with Crippen molar-refractivity contribution in [3.05, 3.63) is 97.5 Å². The molecule has 2 aliphatic rings. The van der Waals surface area contributed by atoms with Crippen LogP contribution in [0, 0.1) is 15.9 Å². The highest BCUT2D eigenvalue weighted by Gasteiger charge is 2.33. The maximum absolute atomic E-state index is 14.1. The number of fused-ring (bicyclic) bond motifs is 1. The molecule has 5 rings (SSSR count). The quantitative estimate of drug-likeness (QED) is 0.342. The molecule has 10 heteroatoms. The number of piperazine rings is 1. The van der Waals surface area contributed by atoms with Crippen LogP contribution in [0.4, 0.5) is 10.1 Å². The number of rotatable bonds is 6. The molecular formula is C28H29FN4O4S. The maximum Gasteiger partial charge on any atom is 0.269 e. The minimum atomic E-state index is -0.495. The zero-order chi connectivity index (χ0) is 26.8. The average Bonchev–Trinajstić information content (AvgIpc) is 3.40. The lowest BCUT2D eigenvalue weighted by Gasteiger charge is -2.41. The Labute approximate surface area is 224 Å². The van der Waals surface area contributed by atoms with Gasteiger partial charge in [-0.2, -0.15) is 0 Å². The lowest BCUT2D eigenvalue weighted by Crippen LogP contribution is -2.55. The van der Waals surface area contributed by atoms with Gasteiger partial charge in [0.2, 0.25) is 5.91 Å². The molecule has 0 spiro atoms. The van der Waals surface area contributed by atoms with E-state index in [1.54, 1.807) is 33.3 Å². The largest absolute Gasteiger partial charge is 0.339 e. The van der Waals surface area contributed by atoms with Crippen molar-refractivity contribution in [1.82, 2.24) is 14.7 Å². The van der Waals surface area contributed by atoms with Crippen LogP contribution in [0.5, 0.6) is 0 Å². The molecule has 2 aromatic carbocycles. The molecule has 0 bridgehead atoms. The summed E-state index contributed by atoms with van der Waals surface area (Å²) in [5.74, 6) is -0.429. The van der Waals surface area contributed by atoms with Crippen LogP contribution in [0.3, 0.4) is 0 Å². The highest BCUT2D eigenvalue weighted by Crippen LogP contribution is 2.38. The molecule has 0 aliphatic carbocycles. The predicted molar refractivity (Wildman–Crippen MR) is 143 cm³/mol. The number of nitro benzene ring substituents is 1. The average molecular weight is 537 g/mol. The fourth-order valence-corrected chi connectivity index (χ4v) is 6.35. The van der Waals surface area contributed by atoms with Gasteiger partial charge in [-0.15, -0.1) is 11.3 Å². The third kappa shape index (κ3) is 5.32. The van der Waals surface area contributed by atoms with E-state index in [1.165, 1.54) is 40.8 Å². The van der Waals surface area contributed by atoms with Crippen molar-refractivity contribution in [3.8, 4) is 0 Å². The molecule has 3 heterocycles. The van der Waals surface area contributed by atoms with Crippen molar-refractivity contribution >= 4 is 28.8 Å². The van der Waals surface area contributed by atoms with Gasteiger partial charge in [0, 0.05) is 67.8 Å². The van der Waals surface area contributed by atoms with Crippen LogP contribution in [0.1, 0.15) is 45.7 Å². The monoisotopic (exact) mass is 536 g/mol. The number of amides is 2. The van der Waals surface area contributed by atoms with Gasteiger partial charge in [0.05, 0.1) is 11.0 Å². The molecule has 0 saturated carbocycles. The zero-order valence-corrected chi connectivity index (χ0v) is 21.9. The van der Waals surface area contributed by atoms with E-state index in [1.807, 2.05) is 13.0 Å². The first-order chi connectivity index (χ1) is 18.3. The molecule has 2 atom stereocenters. The fourth-order valence-electron chi connectivity index (χ4n) is 5.45. The lowest BCUT2D eigenvalue weighted by molar-refractivity contribution is -0.384. The third-order valence-electron chi connectivity index (χ3n) is 7.41. The van der Waals surface area contributed by atoms with Gasteiger partial charge in [-0.1, -0.05) is 12.1 Å². The van der Waals surface area contributed by atoms with Crippen LogP contribution in [0.2, 0.25) is 0 Å². The van der Waals surface area contributed by atoms with Crippen LogP contribution in [-0.4, -0.2) is 70.2 Å². The Kier molecular flexibility index (Phi) is 7.53. The Morgan fingerprint density at radius 1 is 1.11 bits per heavy atom. The van der Waals surface area contributed by atoms with Gasteiger partial charge in [0.15, 0.2) is 0 Å². The molecule has 0 N–H and O–H groups in total. The second-order valence-electron chi connectivity index (χ2n) is 9.78. The number of hydrogen-bond donors (Lipinski definition) is 0. The summed E-state index contributed by atoms with van der Waals surface area (Å²) in [6.45, 7) is 4.53. The zero-order valence-electron chi connectivity index (χ0n) is 21.1. The molecule has 38 heavy (non-hydrogen) atoms. The number of thiophene rings is 1. The fraction of sp³-hybridized carbons (Fsp3) is 0.357. The number of nitro groups is 1. The molecule has 8 nitrogen and oxygen atoms in total. The van der Waals surface area contributed by atoms with E-state index in [0.29, 0.717) is 38.2 Å². The number of benzene rings is 2. The first-order valence-corrected chi connectivity index (χ1v) is 13.6. The van der Waals surface area contributed by atoms with E-state index in [4.69, 9.17) is 0 Å². The summed E-state index contributed by atoms with van der Waals surface area (Å²) in [6.07, 6.45) is 1.25. The maximum atomic E-state index is 14.1. The van der Waals surface area contributed by atoms with Gasteiger partial charge in [0.1, 0.15) is 5.82 Å². The van der Waals surface area contributed by atoms with Crippen molar-refractivity contribution in [2.45, 2.75) is 31.8 Å². The third-order valence-corrected chi connectivity index (χ3v) is 8.41. The first kappa shape index (κ1) is 26.0. The van der Waals surface area contributed by atoms with E-state index in [0.717, 1.165) is 18.5 Å². The highest BCUT2D eigenvalue weighted by atomic mass is 32.1.